The first-order valence-corrected chi connectivity index (χ1v) is 13.0. The fourth-order valence-electron chi connectivity index (χ4n) is 5.84. The number of aromatic hydroxyl groups is 1. The van der Waals surface area contributed by atoms with Crippen LogP contribution in [0.5, 0.6) is 5.75 Å². The largest absolute Gasteiger partial charge is 0.507 e. The van der Waals surface area contributed by atoms with Crippen LogP contribution < -0.4 is 16.0 Å². The topological polar surface area (TPSA) is 177 Å². The Morgan fingerprint density at radius 1 is 1.21 bits per heavy atom. The van der Waals surface area contributed by atoms with Crippen molar-refractivity contribution in [3.05, 3.63) is 28.3 Å². The zero-order chi connectivity index (χ0) is 29.6. The number of anilines is 1. The second-order valence-corrected chi connectivity index (χ2v) is 12.1. The number of aliphatic hydroxyl groups excluding tert-OH is 2. The van der Waals surface area contributed by atoms with Crippen LogP contribution in [0, 0.1) is 11.8 Å². The van der Waals surface area contributed by atoms with Gasteiger partial charge in [-0.3, -0.25) is 14.4 Å². The maximum Gasteiger partial charge on any atom is 0.225 e. The van der Waals surface area contributed by atoms with E-state index in [4.69, 9.17) is 5.73 Å². The zero-order valence-corrected chi connectivity index (χ0v) is 23.8. The molecule has 216 valence electrons. The monoisotopic (exact) mass is 546 g/mol. The van der Waals surface area contributed by atoms with Crippen molar-refractivity contribution in [1.82, 2.24) is 10.2 Å². The number of phenols is 1. The number of benzene rings is 1. The first-order chi connectivity index (χ1) is 17.9. The molecule has 0 radical (unpaired) electrons. The van der Waals surface area contributed by atoms with Crippen molar-refractivity contribution >= 4 is 28.9 Å². The van der Waals surface area contributed by atoms with Crippen molar-refractivity contribution in [3.8, 4) is 5.75 Å². The number of primary amides is 1. The Morgan fingerprint density at radius 3 is 2.31 bits per heavy atom. The minimum absolute atomic E-state index is 0.0654. The molecule has 1 unspecified atom stereocenters. The molecule has 11 heteroatoms. The van der Waals surface area contributed by atoms with E-state index in [2.05, 4.69) is 5.32 Å². The molecular formula is C28H42N4O7. The summed E-state index contributed by atoms with van der Waals surface area (Å²) in [5, 5.41) is 48.0. The summed E-state index contributed by atoms with van der Waals surface area (Å²) in [6.07, 6.45) is -0.565. The number of likely N-dealkylation sites (N-methyl/N-ethyl adjacent to an activating group) is 1. The molecule has 3 rings (SSSR count). The predicted molar refractivity (Wildman–Crippen MR) is 147 cm³/mol. The molecule has 1 saturated carbocycles. The smallest absolute Gasteiger partial charge is 0.225 e. The summed E-state index contributed by atoms with van der Waals surface area (Å²) in [5.74, 6) is -5.52. The van der Waals surface area contributed by atoms with E-state index in [1.807, 2.05) is 45.8 Å². The Balaban J connectivity index is 2.26. The summed E-state index contributed by atoms with van der Waals surface area (Å²) in [5.41, 5.74) is 4.08. The van der Waals surface area contributed by atoms with Gasteiger partial charge in [0.15, 0.2) is 11.4 Å². The molecule has 0 aliphatic heterocycles. The first-order valence-electron chi connectivity index (χ1n) is 13.0. The Bertz CT molecular complexity index is 1200. The highest BCUT2D eigenvalue weighted by Crippen LogP contribution is 2.51. The molecule has 2 aliphatic carbocycles. The van der Waals surface area contributed by atoms with Gasteiger partial charge in [-0.1, -0.05) is 0 Å². The van der Waals surface area contributed by atoms with E-state index in [0.717, 1.165) is 5.69 Å². The van der Waals surface area contributed by atoms with E-state index < -0.39 is 59.7 Å². The highest BCUT2D eigenvalue weighted by atomic mass is 16.3. The molecule has 1 amide bonds. The van der Waals surface area contributed by atoms with Gasteiger partial charge in [0, 0.05) is 55.0 Å². The van der Waals surface area contributed by atoms with Crippen LogP contribution in [0.4, 0.5) is 5.69 Å². The van der Waals surface area contributed by atoms with Gasteiger partial charge in [-0.15, -0.1) is 0 Å². The van der Waals surface area contributed by atoms with E-state index in [-0.39, 0.29) is 41.8 Å². The molecule has 0 bridgehead atoms. The Morgan fingerprint density at radius 2 is 1.82 bits per heavy atom. The average molecular weight is 547 g/mol. The quantitative estimate of drug-likeness (QED) is 0.239. The van der Waals surface area contributed by atoms with Crippen molar-refractivity contribution in [3.63, 3.8) is 0 Å². The number of Topliss-reactive ketones (excluding diaryl/α,β-unsaturated/α-hetero) is 2. The van der Waals surface area contributed by atoms with Crippen LogP contribution in [-0.4, -0.2) is 94.8 Å². The second-order valence-electron chi connectivity index (χ2n) is 12.1. The third-order valence-electron chi connectivity index (χ3n) is 7.85. The number of nitrogens with one attached hydrogen (secondary N) is 1. The number of hydrogen-bond acceptors (Lipinski definition) is 10. The number of phenolic OH excluding ortho intramolecular Hbond substituents is 1. The number of hydrogen-bond donors (Lipinski definition) is 6. The van der Waals surface area contributed by atoms with Gasteiger partial charge in [-0.2, -0.15) is 0 Å². The third kappa shape index (κ3) is 5.54. The molecule has 2 aliphatic rings. The Hall–Kier alpha value is -2.99. The summed E-state index contributed by atoms with van der Waals surface area (Å²) in [6, 6.07) is 1.05. The lowest BCUT2D eigenvalue weighted by molar-refractivity contribution is -0.163. The number of fused-ring (bicyclic) bond motifs is 2. The van der Waals surface area contributed by atoms with Gasteiger partial charge in [0.25, 0.3) is 0 Å². The lowest BCUT2D eigenvalue weighted by atomic mass is 9.59. The Kier molecular flexibility index (Phi) is 8.52. The van der Waals surface area contributed by atoms with Crippen LogP contribution in [0.3, 0.4) is 0 Å². The van der Waals surface area contributed by atoms with Crippen molar-refractivity contribution in [2.75, 3.05) is 39.7 Å². The maximum atomic E-state index is 14.0. The number of rotatable bonds is 9. The Labute approximate surface area is 229 Å². The molecule has 0 aromatic heterocycles. The van der Waals surface area contributed by atoms with Crippen LogP contribution in [0.25, 0.3) is 5.76 Å². The minimum atomic E-state index is -2.70. The molecule has 7 N–H and O–H groups in total. The standard InChI is InChI=1S/C28H42N4O7/c1-27(2,3)30-12-15-10-18(31(4)5)16-8-14-9-17(19(13-33)32(6)7)28(39,20(34)11-21(29)35)26(38)22(14)25(37)23(16)24(15)36/h10,14,17,19,30,33,36-37,39H,8-9,11-13H2,1-7H3,(H2,29,35)/t14-,17-,19?,28+/m0/s1. The summed E-state index contributed by atoms with van der Waals surface area (Å²) in [7, 11) is 6.99. The minimum Gasteiger partial charge on any atom is -0.507 e. The van der Waals surface area contributed by atoms with E-state index >= 15 is 0 Å². The molecule has 4 atom stereocenters. The van der Waals surface area contributed by atoms with E-state index in [0.29, 0.717) is 11.1 Å². The molecule has 1 aromatic carbocycles. The van der Waals surface area contributed by atoms with Gasteiger partial charge >= 0.3 is 0 Å². The second kappa shape index (κ2) is 10.9. The van der Waals surface area contributed by atoms with E-state index in [1.165, 1.54) is 0 Å². The number of nitrogens with two attached hydrogens (primary N) is 1. The van der Waals surface area contributed by atoms with E-state index in [9.17, 15) is 34.8 Å². The fourth-order valence-corrected chi connectivity index (χ4v) is 5.84. The fraction of sp³-hybridized carbons (Fsp3) is 0.607. The lowest BCUT2D eigenvalue weighted by Crippen LogP contribution is -2.64. The zero-order valence-electron chi connectivity index (χ0n) is 23.8. The number of carbonyl (C=O) groups is 3. The maximum absolute atomic E-state index is 14.0. The van der Waals surface area contributed by atoms with Crippen molar-refractivity contribution in [2.24, 2.45) is 17.6 Å². The highest BCUT2D eigenvalue weighted by Gasteiger charge is 2.60. The van der Waals surface area contributed by atoms with Gasteiger partial charge in [0.05, 0.1) is 18.6 Å². The predicted octanol–water partition coefficient (Wildman–Crippen LogP) is 0.475. The number of amides is 1. The molecule has 0 heterocycles. The van der Waals surface area contributed by atoms with E-state index in [1.54, 1.807) is 19.0 Å². The summed E-state index contributed by atoms with van der Waals surface area (Å²) in [6.45, 7) is 5.77. The van der Waals surface area contributed by atoms with Crippen LogP contribution >= 0.6 is 0 Å². The molecule has 0 saturated heterocycles. The van der Waals surface area contributed by atoms with Crippen molar-refractivity contribution in [1.29, 1.82) is 0 Å². The molecule has 11 nitrogen and oxygen atoms in total. The molecular weight excluding hydrogens is 504 g/mol. The number of ketones is 2. The summed E-state index contributed by atoms with van der Waals surface area (Å²) in [4.78, 5) is 42.3. The number of nitrogens with zero attached hydrogens (tertiary/aromatic N) is 2. The van der Waals surface area contributed by atoms with Crippen LogP contribution in [0.2, 0.25) is 0 Å². The van der Waals surface area contributed by atoms with Crippen LogP contribution in [0.15, 0.2) is 11.6 Å². The SMILES string of the molecule is CN(C)c1cc(CNC(C)(C)C)c(O)c2c1C[C@H]1C[C@@H](C(CO)N(C)C)[C@@](O)(C(=O)CC(N)=O)C(=O)C1=C2O. The molecule has 1 aromatic rings. The molecule has 39 heavy (non-hydrogen) atoms. The summed E-state index contributed by atoms with van der Waals surface area (Å²) < 4.78 is 0. The highest BCUT2D eigenvalue weighted by molar-refractivity contribution is 6.23. The van der Waals surface area contributed by atoms with Crippen molar-refractivity contribution < 1.29 is 34.8 Å². The van der Waals surface area contributed by atoms with Gasteiger partial charge in [-0.05, 0) is 65.3 Å². The van der Waals surface area contributed by atoms with Gasteiger partial charge in [-0.25, -0.2) is 0 Å². The van der Waals surface area contributed by atoms with Gasteiger partial charge in [0.2, 0.25) is 11.7 Å². The average Bonchev–Trinajstić information content (AvgIpc) is 2.80. The molecule has 1 fully saturated rings. The number of aliphatic hydroxyl groups is 3. The van der Waals surface area contributed by atoms with Gasteiger partial charge < -0.3 is 41.3 Å². The normalized spacial score (nSPS) is 23.9. The number of carbonyl (C=O) groups excluding carboxylic acids is 3. The molecule has 0 spiro atoms. The summed E-state index contributed by atoms with van der Waals surface area (Å²) >= 11 is 0. The third-order valence-corrected chi connectivity index (χ3v) is 7.85. The van der Waals surface area contributed by atoms with Crippen LogP contribution in [-0.2, 0) is 27.3 Å². The first kappa shape index (κ1) is 30.6. The van der Waals surface area contributed by atoms with Crippen LogP contribution in [0.1, 0.15) is 50.3 Å². The lowest BCUT2D eigenvalue weighted by Gasteiger charge is -2.47. The van der Waals surface area contributed by atoms with Gasteiger partial charge in [0.1, 0.15) is 11.5 Å². The van der Waals surface area contributed by atoms with Crippen molar-refractivity contribution in [2.45, 2.75) is 63.8 Å².